The van der Waals surface area contributed by atoms with E-state index in [1.54, 1.807) is 0 Å². The number of likely N-dealkylation sites (tertiary alicyclic amines) is 1. The molecule has 3 rings (SSSR count). The molecule has 1 aliphatic heterocycles. The van der Waals surface area contributed by atoms with E-state index in [0.29, 0.717) is 17.9 Å². The zero-order chi connectivity index (χ0) is 20.6. The second-order valence-electron chi connectivity index (χ2n) is 8.36. The van der Waals surface area contributed by atoms with E-state index < -0.39 is 0 Å². The van der Waals surface area contributed by atoms with Gasteiger partial charge in [-0.2, -0.15) is 0 Å². The van der Waals surface area contributed by atoms with Crippen molar-refractivity contribution < 1.29 is 4.74 Å². The number of guanidine groups is 1. The number of imidazole rings is 1. The van der Waals surface area contributed by atoms with Gasteiger partial charge in [-0.1, -0.05) is 32.9 Å². The zero-order valence-corrected chi connectivity index (χ0v) is 21.0. The summed E-state index contributed by atoms with van der Waals surface area (Å²) < 4.78 is 7.99. The summed E-state index contributed by atoms with van der Waals surface area (Å²) >= 11 is 0. The van der Waals surface area contributed by atoms with Crippen molar-refractivity contribution in [2.24, 2.45) is 16.8 Å². The third-order valence-corrected chi connectivity index (χ3v) is 5.54. The third-order valence-electron chi connectivity index (χ3n) is 5.54. The van der Waals surface area contributed by atoms with Gasteiger partial charge in [0.25, 0.3) is 0 Å². The van der Waals surface area contributed by atoms with Gasteiger partial charge in [0, 0.05) is 39.1 Å². The summed E-state index contributed by atoms with van der Waals surface area (Å²) in [4.78, 5) is 11.1. The number of ether oxygens (including phenoxy) is 1. The highest BCUT2D eigenvalue weighted by molar-refractivity contribution is 14.0. The Morgan fingerprint density at radius 3 is 2.70 bits per heavy atom. The Morgan fingerprint density at radius 2 is 2.07 bits per heavy atom. The van der Waals surface area contributed by atoms with Gasteiger partial charge in [0.2, 0.25) is 0 Å². The van der Waals surface area contributed by atoms with E-state index in [0.717, 1.165) is 50.8 Å². The molecule has 2 aromatic rings. The predicted molar refractivity (Wildman–Crippen MR) is 134 cm³/mol. The summed E-state index contributed by atoms with van der Waals surface area (Å²) in [6.07, 6.45) is 7.96. The molecule has 0 saturated carbocycles. The Bertz CT molecular complexity index is 760. The van der Waals surface area contributed by atoms with E-state index in [9.17, 15) is 0 Å². The van der Waals surface area contributed by atoms with E-state index in [4.69, 9.17) is 4.74 Å². The molecule has 30 heavy (non-hydrogen) atoms. The van der Waals surface area contributed by atoms with Crippen molar-refractivity contribution in [3.8, 4) is 5.75 Å². The zero-order valence-electron chi connectivity index (χ0n) is 18.6. The van der Waals surface area contributed by atoms with Crippen LogP contribution in [0.2, 0.25) is 0 Å². The SMILES string of the molecule is CN=C(NCCc1ccc(OCC(C)C)cc1)N1CCC(C)C(n2ccnc2)C1.I. The summed E-state index contributed by atoms with van der Waals surface area (Å²) in [7, 11) is 1.87. The second kappa shape index (κ2) is 12.2. The summed E-state index contributed by atoms with van der Waals surface area (Å²) in [5, 5.41) is 3.54. The molecule has 2 heterocycles. The van der Waals surface area contributed by atoms with Gasteiger partial charge in [0.1, 0.15) is 5.75 Å². The molecule has 1 aromatic carbocycles. The van der Waals surface area contributed by atoms with Crippen molar-refractivity contribution in [3.05, 3.63) is 48.5 Å². The van der Waals surface area contributed by atoms with Crippen LogP contribution in [0.1, 0.15) is 38.8 Å². The first kappa shape index (κ1) is 24.5. The number of nitrogens with one attached hydrogen (secondary N) is 1. The largest absolute Gasteiger partial charge is 0.493 e. The number of rotatable bonds is 7. The average molecular weight is 525 g/mol. The summed E-state index contributed by atoms with van der Waals surface area (Å²) in [6, 6.07) is 8.86. The molecule has 1 N–H and O–H groups in total. The molecule has 7 heteroatoms. The fourth-order valence-corrected chi connectivity index (χ4v) is 3.76. The third kappa shape index (κ3) is 6.89. The Hall–Kier alpha value is -1.77. The minimum Gasteiger partial charge on any atom is -0.493 e. The minimum atomic E-state index is 0. The highest BCUT2D eigenvalue weighted by Crippen LogP contribution is 2.27. The molecule has 2 unspecified atom stereocenters. The van der Waals surface area contributed by atoms with Crippen molar-refractivity contribution in [3.63, 3.8) is 0 Å². The van der Waals surface area contributed by atoms with Crippen LogP contribution in [0.3, 0.4) is 0 Å². The summed E-state index contributed by atoms with van der Waals surface area (Å²) in [5.41, 5.74) is 1.30. The van der Waals surface area contributed by atoms with Crippen LogP contribution < -0.4 is 10.1 Å². The lowest BCUT2D eigenvalue weighted by Gasteiger charge is -2.39. The molecule has 0 radical (unpaired) electrons. The molecule has 1 saturated heterocycles. The van der Waals surface area contributed by atoms with Crippen LogP contribution >= 0.6 is 24.0 Å². The van der Waals surface area contributed by atoms with Gasteiger partial charge in [-0.15, -0.1) is 24.0 Å². The molecule has 1 aliphatic rings. The lowest BCUT2D eigenvalue weighted by Crippen LogP contribution is -2.49. The first-order valence-electron chi connectivity index (χ1n) is 10.7. The van der Waals surface area contributed by atoms with Crippen LogP contribution in [0.15, 0.2) is 48.0 Å². The van der Waals surface area contributed by atoms with E-state index in [1.807, 2.05) is 19.6 Å². The maximum absolute atomic E-state index is 5.76. The topological polar surface area (TPSA) is 54.7 Å². The van der Waals surface area contributed by atoms with E-state index in [1.165, 1.54) is 5.56 Å². The Balaban J connectivity index is 0.00000320. The average Bonchev–Trinajstić information content (AvgIpc) is 3.26. The number of nitrogens with zero attached hydrogens (tertiary/aromatic N) is 4. The number of aromatic nitrogens is 2. The van der Waals surface area contributed by atoms with Crippen molar-refractivity contribution in [2.75, 3.05) is 33.3 Å². The summed E-state index contributed by atoms with van der Waals surface area (Å²) in [5.74, 6) is 3.10. The van der Waals surface area contributed by atoms with Crippen LogP contribution in [-0.2, 0) is 6.42 Å². The van der Waals surface area contributed by atoms with Crippen molar-refractivity contribution in [1.82, 2.24) is 19.8 Å². The fourth-order valence-electron chi connectivity index (χ4n) is 3.76. The first-order valence-corrected chi connectivity index (χ1v) is 10.7. The molecule has 0 aliphatic carbocycles. The fraction of sp³-hybridized carbons (Fsp3) is 0.565. The van der Waals surface area contributed by atoms with Gasteiger partial charge in [0.05, 0.1) is 19.0 Å². The quantitative estimate of drug-likeness (QED) is 0.334. The predicted octanol–water partition coefficient (Wildman–Crippen LogP) is 4.24. The molecular formula is C23H36IN5O. The molecule has 0 amide bonds. The summed E-state index contributed by atoms with van der Waals surface area (Å²) in [6.45, 7) is 10.3. The van der Waals surface area contributed by atoms with Crippen molar-refractivity contribution in [2.45, 2.75) is 39.7 Å². The van der Waals surface area contributed by atoms with Gasteiger partial charge >= 0.3 is 0 Å². The van der Waals surface area contributed by atoms with Crippen molar-refractivity contribution >= 4 is 29.9 Å². The Labute approximate surface area is 198 Å². The molecule has 1 fully saturated rings. The van der Waals surface area contributed by atoms with Crippen LogP contribution in [-0.4, -0.2) is 53.7 Å². The highest BCUT2D eigenvalue weighted by Gasteiger charge is 2.28. The normalized spacial score (nSPS) is 19.5. The molecule has 6 nitrogen and oxygen atoms in total. The number of hydrogen-bond acceptors (Lipinski definition) is 3. The highest BCUT2D eigenvalue weighted by atomic mass is 127. The van der Waals surface area contributed by atoms with Gasteiger partial charge in [-0.25, -0.2) is 4.98 Å². The van der Waals surface area contributed by atoms with Crippen LogP contribution in [0.5, 0.6) is 5.75 Å². The lowest BCUT2D eigenvalue weighted by atomic mass is 9.93. The van der Waals surface area contributed by atoms with E-state index >= 15 is 0 Å². The molecular weight excluding hydrogens is 489 g/mol. The van der Waals surface area contributed by atoms with E-state index in [-0.39, 0.29) is 24.0 Å². The van der Waals surface area contributed by atoms with Gasteiger partial charge in [0.15, 0.2) is 5.96 Å². The monoisotopic (exact) mass is 525 g/mol. The molecule has 1 aromatic heterocycles. The molecule has 166 valence electrons. The van der Waals surface area contributed by atoms with Crippen LogP contribution in [0.25, 0.3) is 0 Å². The number of halogens is 1. The first-order chi connectivity index (χ1) is 14.1. The van der Waals surface area contributed by atoms with Gasteiger partial charge in [-0.3, -0.25) is 4.99 Å². The van der Waals surface area contributed by atoms with Gasteiger partial charge in [-0.05, 0) is 42.4 Å². The van der Waals surface area contributed by atoms with E-state index in [2.05, 4.69) is 76.0 Å². The lowest BCUT2D eigenvalue weighted by molar-refractivity contribution is 0.189. The molecule has 2 atom stereocenters. The molecule has 0 bridgehead atoms. The van der Waals surface area contributed by atoms with Crippen LogP contribution in [0.4, 0.5) is 0 Å². The number of piperidine rings is 1. The maximum Gasteiger partial charge on any atom is 0.193 e. The standard InChI is InChI=1S/C23H35N5O.HI/c1-18(2)16-29-21-7-5-20(6-8-21)9-11-26-23(24-4)27-13-10-19(3)22(15-27)28-14-12-25-17-28;/h5-8,12,14,17-19,22H,9-11,13,15-16H2,1-4H3,(H,24,26);1H. The minimum absolute atomic E-state index is 0. The number of hydrogen-bond donors (Lipinski definition) is 1. The Kier molecular flexibility index (Phi) is 9.94. The second-order valence-corrected chi connectivity index (χ2v) is 8.36. The number of aliphatic imine (C=N–C) groups is 1. The maximum atomic E-state index is 5.76. The molecule has 0 spiro atoms. The smallest absolute Gasteiger partial charge is 0.193 e. The number of benzene rings is 1. The van der Waals surface area contributed by atoms with Gasteiger partial charge < -0.3 is 19.5 Å². The van der Waals surface area contributed by atoms with Crippen molar-refractivity contribution in [1.29, 1.82) is 0 Å². The Morgan fingerprint density at radius 1 is 1.30 bits per heavy atom. The van der Waals surface area contributed by atoms with Crippen LogP contribution in [0, 0.1) is 11.8 Å².